The molecule has 0 bridgehead atoms. The van der Waals surface area contributed by atoms with Crippen LogP contribution < -0.4 is 5.32 Å². The van der Waals surface area contributed by atoms with Gasteiger partial charge in [0.2, 0.25) is 0 Å². The van der Waals surface area contributed by atoms with Crippen molar-refractivity contribution in [2.75, 3.05) is 32.8 Å². The quantitative estimate of drug-likeness (QED) is 0.686. The Balaban J connectivity index is 1.63. The van der Waals surface area contributed by atoms with Gasteiger partial charge in [0.25, 0.3) is 5.91 Å². The number of hydrogen-bond donors (Lipinski definition) is 1. The van der Waals surface area contributed by atoms with Gasteiger partial charge in [0.1, 0.15) is 6.10 Å². The first-order valence-corrected chi connectivity index (χ1v) is 6.37. The van der Waals surface area contributed by atoms with Crippen LogP contribution in [0.2, 0.25) is 0 Å². The van der Waals surface area contributed by atoms with Crippen molar-refractivity contribution in [1.29, 1.82) is 0 Å². The Kier molecular flexibility index (Phi) is 2.64. The molecule has 0 spiro atoms. The van der Waals surface area contributed by atoms with E-state index >= 15 is 0 Å². The minimum absolute atomic E-state index is 0.160. The second kappa shape index (κ2) is 4.00. The smallest absolute Gasteiger partial charge is 0.251 e. The maximum atomic E-state index is 12.3. The van der Waals surface area contributed by atoms with E-state index in [0.29, 0.717) is 17.8 Å². The molecule has 0 aliphatic carbocycles. The Morgan fingerprint density at radius 3 is 2.56 bits per heavy atom. The van der Waals surface area contributed by atoms with Gasteiger partial charge in [0, 0.05) is 32.8 Å². The molecule has 3 heterocycles. The van der Waals surface area contributed by atoms with Gasteiger partial charge in [-0.2, -0.15) is 0 Å². The average molecular weight is 224 g/mol. The Bertz CT molecular complexity index is 283. The van der Waals surface area contributed by atoms with Gasteiger partial charge in [-0.15, -0.1) is 0 Å². The highest BCUT2D eigenvalue weighted by Gasteiger charge is 2.42. The largest absolute Gasteiger partial charge is 0.368 e. The van der Waals surface area contributed by atoms with E-state index in [-0.39, 0.29) is 12.0 Å². The van der Waals surface area contributed by atoms with Crippen LogP contribution in [0.5, 0.6) is 0 Å². The molecule has 3 fully saturated rings. The monoisotopic (exact) mass is 224 g/mol. The Morgan fingerprint density at radius 1 is 1.31 bits per heavy atom. The molecule has 4 atom stereocenters. The summed E-state index contributed by atoms with van der Waals surface area (Å²) in [5.74, 6) is 1.99. The third-order valence-corrected chi connectivity index (χ3v) is 4.33. The molecular formula is C12H20N2O2. The summed E-state index contributed by atoms with van der Waals surface area (Å²) in [4.78, 5) is 14.3. The fraction of sp³-hybridized carbons (Fsp3) is 0.917. The number of carbonyl (C=O) groups excluding carboxylic acids is 1. The van der Waals surface area contributed by atoms with Crippen molar-refractivity contribution in [1.82, 2.24) is 10.2 Å². The predicted octanol–water partition coefficient (Wildman–Crippen LogP) is 0.0892. The van der Waals surface area contributed by atoms with Gasteiger partial charge in [0.15, 0.2) is 0 Å². The van der Waals surface area contributed by atoms with E-state index in [1.54, 1.807) is 0 Å². The molecule has 4 nitrogen and oxygen atoms in total. The van der Waals surface area contributed by atoms with Crippen LogP contribution in [-0.2, 0) is 9.53 Å². The summed E-state index contributed by atoms with van der Waals surface area (Å²) in [6, 6.07) is 0. The van der Waals surface area contributed by atoms with E-state index in [9.17, 15) is 4.79 Å². The summed E-state index contributed by atoms with van der Waals surface area (Å²) in [6.07, 6.45) is 0.866. The Hall–Kier alpha value is -0.610. The van der Waals surface area contributed by atoms with Crippen molar-refractivity contribution in [3.8, 4) is 0 Å². The number of likely N-dealkylation sites (tertiary alicyclic amines) is 1. The predicted molar refractivity (Wildman–Crippen MR) is 60.0 cm³/mol. The lowest BCUT2D eigenvalue weighted by Gasteiger charge is -2.23. The van der Waals surface area contributed by atoms with Crippen molar-refractivity contribution in [3.63, 3.8) is 0 Å². The van der Waals surface area contributed by atoms with E-state index in [2.05, 4.69) is 12.2 Å². The SMILES string of the molecule is CC1CCOC1C(=O)N1C[C@H]2CNC[C@H]2C1. The van der Waals surface area contributed by atoms with E-state index in [4.69, 9.17) is 4.74 Å². The van der Waals surface area contributed by atoms with Gasteiger partial charge < -0.3 is 15.0 Å². The highest BCUT2D eigenvalue weighted by Crippen LogP contribution is 2.29. The van der Waals surface area contributed by atoms with Crippen molar-refractivity contribution >= 4 is 5.91 Å². The maximum absolute atomic E-state index is 12.3. The molecule has 1 amide bonds. The number of carbonyl (C=O) groups is 1. The topological polar surface area (TPSA) is 41.6 Å². The molecule has 0 radical (unpaired) electrons. The lowest BCUT2D eigenvalue weighted by molar-refractivity contribution is -0.141. The second-order valence-electron chi connectivity index (χ2n) is 5.48. The van der Waals surface area contributed by atoms with Crippen LogP contribution in [0.3, 0.4) is 0 Å². The Morgan fingerprint density at radius 2 is 2.00 bits per heavy atom. The molecule has 0 saturated carbocycles. The number of amides is 1. The third-order valence-electron chi connectivity index (χ3n) is 4.33. The fourth-order valence-electron chi connectivity index (χ4n) is 3.23. The second-order valence-corrected chi connectivity index (χ2v) is 5.48. The highest BCUT2D eigenvalue weighted by molar-refractivity contribution is 5.81. The molecule has 16 heavy (non-hydrogen) atoms. The summed E-state index contributed by atoms with van der Waals surface area (Å²) >= 11 is 0. The van der Waals surface area contributed by atoms with Gasteiger partial charge in [-0.05, 0) is 24.2 Å². The van der Waals surface area contributed by atoms with Crippen molar-refractivity contribution in [3.05, 3.63) is 0 Å². The molecule has 3 aliphatic heterocycles. The van der Waals surface area contributed by atoms with Crippen LogP contribution in [0.25, 0.3) is 0 Å². The molecule has 1 N–H and O–H groups in total. The summed E-state index contributed by atoms with van der Waals surface area (Å²) < 4.78 is 5.55. The van der Waals surface area contributed by atoms with Crippen molar-refractivity contribution < 1.29 is 9.53 Å². The zero-order valence-electron chi connectivity index (χ0n) is 9.82. The van der Waals surface area contributed by atoms with Crippen molar-refractivity contribution in [2.24, 2.45) is 17.8 Å². The molecule has 0 aromatic carbocycles. The van der Waals surface area contributed by atoms with Crippen LogP contribution in [-0.4, -0.2) is 49.7 Å². The van der Waals surface area contributed by atoms with Gasteiger partial charge in [-0.3, -0.25) is 4.79 Å². The lowest BCUT2D eigenvalue weighted by Crippen LogP contribution is -2.41. The summed E-state index contributed by atoms with van der Waals surface area (Å²) in [5.41, 5.74) is 0. The standard InChI is InChI=1S/C12H20N2O2/c1-8-2-3-16-11(8)12(15)14-6-9-4-13-5-10(9)7-14/h8-11,13H,2-7H2,1H3/t8?,9-,10+,11?. The zero-order valence-corrected chi connectivity index (χ0v) is 9.82. The van der Waals surface area contributed by atoms with Crippen LogP contribution in [0, 0.1) is 17.8 Å². The number of rotatable bonds is 1. The molecule has 0 aromatic rings. The number of nitrogens with zero attached hydrogens (tertiary/aromatic N) is 1. The first-order chi connectivity index (χ1) is 7.75. The van der Waals surface area contributed by atoms with Gasteiger partial charge in [-0.25, -0.2) is 0 Å². The molecule has 0 aromatic heterocycles. The number of ether oxygens (including phenoxy) is 1. The van der Waals surface area contributed by atoms with E-state index in [0.717, 1.165) is 39.2 Å². The number of hydrogen-bond acceptors (Lipinski definition) is 3. The number of fused-ring (bicyclic) bond motifs is 1. The van der Waals surface area contributed by atoms with Gasteiger partial charge in [-0.1, -0.05) is 6.92 Å². The minimum atomic E-state index is -0.160. The normalized spacial score (nSPS) is 42.7. The fourth-order valence-corrected chi connectivity index (χ4v) is 3.23. The average Bonchev–Trinajstić information content (AvgIpc) is 2.89. The summed E-state index contributed by atoms with van der Waals surface area (Å²) in [7, 11) is 0. The Labute approximate surface area is 96.3 Å². The maximum Gasteiger partial charge on any atom is 0.251 e. The first-order valence-electron chi connectivity index (χ1n) is 6.37. The molecule has 3 saturated heterocycles. The molecule has 2 unspecified atom stereocenters. The minimum Gasteiger partial charge on any atom is -0.368 e. The molecular weight excluding hydrogens is 204 g/mol. The van der Waals surface area contributed by atoms with E-state index < -0.39 is 0 Å². The molecule has 3 aliphatic rings. The van der Waals surface area contributed by atoms with Crippen LogP contribution >= 0.6 is 0 Å². The molecule has 90 valence electrons. The van der Waals surface area contributed by atoms with E-state index in [1.807, 2.05) is 4.90 Å². The summed E-state index contributed by atoms with van der Waals surface area (Å²) in [5, 5.41) is 3.39. The van der Waals surface area contributed by atoms with E-state index in [1.165, 1.54) is 0 Å². The molecule has 3 rings (SSSR count). The third kappa shape index (κ3) is 1.64. The van der Waals surface area contributed by atoms with Crippen LogP contribution in [0.4, 0.5) is 0 Å². The van der Waals surface area contributed by atoms with Crippen LogP contribution in [0.1, 0.15) is 13.3 Å². The van der Waals surface area contributed by atoms with Crippen molar-refractivity contribution in [2.45, 2.75) is 19.4 Å². The number of nitrogens with one attached hydrogen (secondary N) is 1. The zero-order chi connectivity index (χ0) is 11.1. The van der Waals surface area contributed by atoms with Gasteiger partial charge in [0.05, 0.1) is 0 Å². The first kappa shape index (κ1) is 10.5. The molecule has 4 heteroatoms. The lowest BCUT2D eigenvalue weighted by atomic mass is 10.0. The van der Waals surface area contributed by atoms with Gasteiger partial charge >= 0.3 is 0 Å². The summed E-state index contributed by atoms with van der Waals surface area (Å²) in [6.45, 7) is 6.89. The highest BCUT2D eigenvalue weighted by atomic mass is 16.5. The van der Waals surface area contributed by atoms with Crippen LogP contribution in [0.15, 0.2) is 0 Å².